The number of benzene rings is 2. The topological polar surface area (TPSA) is 59.8 Å². The van der Waals surface area contributed by atoms with Crippen molar-refractivity contribution in [2.45, 2.75) is 6.18 Å². The minimum absolute atomic E-state index is 0.200. The molecular weight excluding hydrogens is 389 g/mol. The van der Waals surface area contributed by atoms with Crippen molar-refractivity contribution in [1.82, 2.24) is 14.8 Å². The molecule has 0 aliphatic carbocycles. The van der Waals surface area contributed by atoms with E-state index in [0.29, 0.717) is 16.9 Å². The highest BCUT2D eigenvalue weighted by Crippen LogP contribution is 2.32. The predicted molar refractivity (Wildman–Crippen MR) is 101 cm³/mol. The zero-order chi connectivity index (χ0) is 19.9. The lowest BCUT2D eigenvalue weighted by atomic mass is 10.0. The number of fused-ring (bicyclic) bond motifs is 1. The van der Waals surface area contributed by atoms with Crippen LogP contribution in [0.25, 0.3) is 22.0 Å². The van der Waals surface area contributed by atoms with Crippen molar-refractivity contribution in [2.75, 3.05) is 5.32 Å². The van der Waals surface area contributed by atoms with Gasteiger partial charge in [0.15, 0.2) is 10.8 Å². The standard InChI is InChI=1S/C19H13F3N4OS/c1-26-15(9-16(25-26)19(20,21)22)17(27)24-18-23-14(10-28-18)13-8-4-6-11-5-2-3-7-12(11)13/h2-10H,1H3,(H,23,24,27). The third-order valence-electron chi connectivity index (χ3n) is 4.19. The van der Waals surface area contributed by atoms with Crippen molar-refractivity contribution in [3.05, 3.63) is 65.3 Å². The molecule has 2 aromatic carbocycles. The van der Waals surface area contributed by atoms with Crippen molar-refractivity contribution in [2.24, 2.45) is 7.05 Å². The van der Waals surface area contributed by atoms with Crippen LogP contribution in [0.4, 0.5) is 18.3 Å². The van der Waals surface area contributed by atoms with E-state index in [1.54, 1.807) is 5.38 Å². The van der Waals surface area contributed by atoms with Crippen molar-refractivity contribution >= 4 is 33.1 Å². The molecule has 0 aliphatic rings. The summed E-state index contributed by atoms with van der Waals surface area (Å²) in [6.07, 6.45) is -4.61. The van der Waals surface area contributed by atoms with Crippen LogP contribution in [0.15, 0.2) is 53.9 Å². The SMILES string of the molecule is Cn1nc(C(F)(F)F)cc1C(=O)Nc1nc(-c2cccc3ccccc23)cs1. The van der Waals surface area contributed by atoms with Crippen LogP contribution in [-0.2, 0) is 13.2 Å². The molecule has 0 saturated heterocycles. The molecule has 0 aliphatic heterocycles. The molecule has 28 heavy (non-hydrogen) atoms. The zero-order valence-electron chi connectivity index (χ0n) is 14.5. The highest BCUT2D eigenvalue weighted by molar-refractivity contribution is 7.14. The van der Waals surface area contributed by atoms with Gasteiger partial charge in [-0.25, -0.2) is 4.98 Å². The number of hydrogen-bond acceptors (Lipinski definition) is 4. The van der Waals surface area contributed by atoms with Crippen LogP contribution < -0.4 is 5.32 Å². The van der Waals surface area contributed by atoms with Crippen LogP contribution in [0.5, 0.6) is 0 Å². The number of carbonyl (C=O) groups excluding carboxylic acids is 1. The summed E-state index contributed by atoms with van der Waals surface area (Å²) in [6.45, 7) is 0. The number of carbonyl (C=O) groups is 1. The minimum atomic E-state index is -4.61. The molecule has 0 atom stereocenters. The van der Waals surface area contributed by atoms with Gasteiger partial charge in [-0.1, -0.05) is 42.5 Å². The molecule has 142 valence electrons. The van der Waals surface area contributed by atoms with E-state index in [0.717, 1.165) is 21.0 Å². The summed E-state index contributed by atoms with van der Waals surface area (Å²) in [6, 6.07) is 14.4. The first-order valence-electron chi connectivity index (χ1n) is 8.19. The van der Waals surface area contributed by atoms with E-state index in [1.807, 2.05) is 42.5 Å². The highest BCUT2D eigenvalue weighted by atomic mass is 32.1. The van der Waals surface area contributed by atoms with Gasteiger partial charge in [-0.05, 0) is 10.8 Å². The number of halogens is 3. The average molecular weight is 402 g/mol. The second-order valence-corrected chi connectivity index (χ2v) is 6.91. The molecule has 0 fully saturated rings. The Labute approximate surface area is 161 Å². The number of nitrogens with one attached hydrogen (secondary N) is 1. The van der Waals surface area contributed by atoms with Gasteiger partial charge in [0.1, 0.15) is 5.69 Å². The normalized spacial score (nSPS) is 11.7. The molecule has 4 aromatic rings. The Bertz CT molecular complexity index is 1170. The molecule has 0 spiro atoms. The van der Waals surface area contributed by atoms with E-state index >= 15 is 0 Å². The van der Waals surface area contributed by atoms with Crippen molar-refractivity contribution in [3.63, 3.8) is 0 Å². The third kappa shape index (κ3) is 3.36. The molecule has 0 bridgehead atoms. The zero-order valence-corrected chi connectivity index (χ0v) is 15.3. The molecule has 0 saturated carbocycles. The number of rotatable bonds is 3. The third-order valence-corrected chi connectivity index (χ3v) is 4.95. The van der Waals surface area contributed by atoms with Crippen molar-refractivity contribution in [3.8, 4) is 11.3 Å². The Balaban J connectivity index is 1.60. The maximum atomic E-state index is 12.8. The van der Waals surface area contributed by atoms with Crippen LogP contribution in [0.3, 0.4) is 0 Å². The number of anilines is 1. The molecule has 4 rings (SSSR count). The molecule has 1 N–H and O–H groups in total. The van der Waals surface area contributed by atoms with Gasteiger partial charge in [-0.3, -0.25) is 14.8 Å². The molecule has 2 aromatic heterocycles. The van der Waals surface area contributed by atoms with E-state index < -0.39 is 17.8 Å². The Morgan fingerprint density at radius 1 is 1.14 bits per heavy atom. The summed E-state index contributed by atoms with van der Waals surface area (Å²) in [7, 11) is 1.29. The molecule has 9 heteroatoms. The van der Waals surface area contributed by atoms with Crippen LogP contribution in [0.2, 0.25) is 0 Å². The molecule has 0 unspecified atom stereocenters. The number of nitrogens with zero attached hydrogens (tertiary/aromatic N) is 3. The van der Waals surface area contributed by atoms with E-state index in [4.69, 9.17) is 0 Å². The highest BCUT2D eigenvalue weighted by Gasteiger charge is 2.35. The molecule has 2 heterocycles. The second-order valence-electron chi connectivity index (χ2n) is 6.05. The summed E-state index contributed by atoms with van der Waals surface area (Å²) in [5, 5.41) is 10.1. The fourth-order valence-electron chi connectivity index (χ4n) is 2.88. The molecule has 0 radical (unpaired) electrons. The number of aryl methyl sites for hydroxylation is 1. The lowest BCUT2D eigenvalue weighted by Gasteiger charge is -2.04. The summed E-state index contributed by atoms with van der Waals surface area (Å²) in [5.74, 6) is -0.704. The first-order chi connectivity index (χ1) is 13.3. The predicted octanol–water partition coefficient (Wildman–Crippen LogP) is 4.97. The van der Waals surface area contributed by atoms with Crippen LogP contribution >= 0.6 is 11.3 Å². The smallest absolute Gasteiger partial charge is 0.296 e. The lowest BCUT2D eigenvalue weighted by molar-refractivity contribution is -0.141. The second kappa shape index (κ2) is 6.75. The quantitative estimate of drug-likeness (QED) is 0.526. The fourth-order valence-corrected chi connectivity index (χ4v) is 3.59. The Hall–Kier alpha value is -3.20. The van der Waals surface area contributed by atoms with E-state index in [9.17, 15) is 18.0 Å². The van der Waals surface area contributed by atoms with Crippen LogP contribution in [-0.4, -0.2) is 20.7 Å². The van der Waals surface area contributed by atoms with Crippen molar-refractivity contribution in [1.29, 1.82) is 0 Å². The van der Waals surface area contributed by atoms with Gasteiger partial charge in [0, 0.05) is 24.1 Å². The fraction of sp³-hybridized carbons (Fsp3) is 0.105. The summed E-state index contributed by atoms with van der Waals surface area (Å²) in [4.78, 5) is 16.8. The summed E-state index contributed by atoms with van der Waals surface area (Å²) >= 11 is 1.20. The number of thiazole rings is 1. The Morgan fingerprint density at radius 2 is 1.89 bits per heavy atom. The number of amides is 1. The molecular formula is C19H13F3N4OS. The van der Waals surface area contributed by atoms with Gasteiger partial charge in [-0.2, -0.15) is 18.3 Å². The van der Waals surface area contributed by atoms with Crippen LogP contribution in [0, 0.1) is 0 Å². The Kier molecular flexibility index (Phi) is 4.38. The number of alkyl halides is 3. The number of aromatic nitrogens is 3. The van der Waals surface area contributed by atoms with E-state index in [-0.39, 0.29) is 5.69 Å². The maximum Gasteiger partial charge on any atom is 0.435 e. The Morgan fingerprint density at radius 3 is 2.64 bits per heavy atom. The minimum Gasteiger partial charge on any atom is -0.296 e. The van der Waals surface area contributed by atoms with Crippen molar-refractivity contribution < 1.29 is 18.0 Å². The monoisotopic (exact) mass is 402 g/mol. The van der Waals surface area contributed by atoms with Gasteiger partial charge in [0.05, 0.1) is 5.69 Å². The maximum absolute atomic E-state index is 12.8. The lowest BCUT2D eigenvalue weighted by Crippen LogP contribution is -2.15. The summed E-state index contributed by atoms with van der Waals surface area (Å²) < 4.78 is 39.2. The van der Waals surface area contributed by atoms with Gasteiger partial charge in [-0.15, -0.1) is 11.3 Å². The average Bonchev–Trinajstić information content (AvgIpc) is 3.27. The van der Waals surface area contributed by atoms with Gasteiger partial charge in [0.2, 0.25) is 0 Å². The van der Waals surface area contributed by atoms with E-state index in [1.165, 1.54) is 18.4 Å². The molecule has 5 nitrogen and oxygen atoms in total. The van der Waals surface area contributed by atoms with Gasteiger partial charge in [0.25, 0.3) is 5.91 Å². The number of hydrogen-bond donors (Lipinski definition) is 1. The van der Waals surface area contributed by atoms with Gasteiger partial charge < -0.3 is 0 Å². The first-order valence-corrected chi connectivity index (χ1v) is 9.07. The summed E-state index contributed by atoms with van der Waals surface area (Å²) in [5.41, 5.74) is 0.276. The van der Waals surface area contributed by atoms with E-state index in [2.05, 4.69) is 15.4 Å². The first kappa shape index (κ1) is 18.2. The van der Waals surface area contributed by atoms with Crippen LogP contribution in [0.1, 0.15) is 16.2 Å². The molecule has 1 amide bonds. The largest absolute Gasteiger partial charge is 0.435 e. The van der Waals surface area contributed by atoms with Gasteiger partial charge >= 0.3 is 6.18 Å².